The van der Waals surface area contributed by atoms with Crippen molar-refractivity contribution in [2.24, 2.45) is 0 Å². The van der Waals surface area contributed by atoms with Gasteiger partial charge in [0.15, 0.2) is 10.9 Å². The van der Waals surface area contributed by atoms with E-state index in [9.17, 15) is 31.2 Å². The standard InChI is InChI=1S/C19H15F3N2O5S2/c1-12-17(15(25)8-7-13-5-3-2-4-6-13)30-18(23-12)24-10-9-14(11-16(24)26)29-31(27,28)19(20,21)22/h2-6,9-11H,7-8H2,1H3. The second kappa shape index (κ2) is 8.63. The van der Waals surface area contributed by atoms with Crippen molar-refractivity contribution in [1.29, 1.82) is 0 Å². The van der Waals surface area contributed by atoms with Gasteiger partial charge in [0.05, 0.1) is 10.6 Å². The number of rotatable bonds is 7. The van der Waals surface area contributed by atoms with Crippen LogP contribution in [0.25, 0.3) is 5.13 Å². The van der Waals surface area contributed by atoms with Crippen LogP contribution in [0.1, 0.15) is 27.3 Å². The van der Waals surface area contributed by atoms with E-state index in [1.807, 2.05) is 30.3 Å². The fourth-order valence-corrected chi connectivity index (χ4v) is 4.08. The molecule has 2 aromatic heterocycles. The van der Waals surface area contributed by atoms with Gasteiger partial charge in [-0.2, -0.15) is 21.6 Å². The molecule has 2 heterocycles. The number of hydrogen-bond donors (Lipinski definition) is 0. The van der Waals surface area contributed by atoms with E-state index in [2.05, 4.69) is 9.17 Å². The van der Waals surface area contributed by atoms with Crippen LogP contribution in [0, 0.1) is 6.92 Å². The summed E-state index contributed by atoms with van der Waals surface area (Å²) in [6.07, 6.45) is 1.80. The molecule has 0 aliphatic carbocycles. The molecule has 31 heavy (non-hydrogen) atoms. The number of aryl methyl sites for hydroxylation is 2. The number of aromatic nitrogens is 2. The number of alkyl halides is 3. The molecule has 0 bridgehead atoms. The Kier molecular flexibility index (Phi) is 6.32. The number of pyridine rings is 1. The summed E-state index contributed by atoms with van der Waals surface area (Å²) in [5.41, 5.74) is -5.08. The van der Waals surface area contributed by atoms with Crippen LogP contribution in [0.5, 0.6) is 5.75 Å². The molecule has 0 unspecified atom stereocenters. The number of hydrogen-bond acceptors (Lipinski definition) is 7. The van der Waals surface area contributed by atoms with Gasteiger partial charge in [-0.1, -0.05) is 41.7 Å². The monoisotopic (exact) mass is 472 g/mol. The van der Waals surface area contributed by atoms with E-state index >= 15 is 0 Å². The van der Waals surface area contributed by atoms with E-state index in [4.69, 9.17) is 0 Å². The summed E-state index contributed by atoms with van der Waals surface area (Å²) in [6, 6.07) is 10.9. The predicted octanol–water partition coefficient (Wildman–Crippen LogP) is 3.65. The lowest BCUT2D eigenvalue weighted by atomic mass is 10.1. The summed E-state index contributed by atoms with van der Waals surface area (Å²) < 4.78 is 64.3. The average molecular weight is 472 g/mol. The van der Waals surface area contributed by atoms with Gasteiger partial charge in [-0.25, -0.2) is 4.98 Å². The lowest BCUT2D eigenvalue weighted by Crippen LogP contribution is -2.28. The average Bonchev–Trinajstić information content (AvgIpc) is 3.07. The minimum Gasteiger partial charge on any atom is -0.376 e. The zero-order valence-corrected chi connectivity index (χ0v) is 17.6. The topological polar surface area (TPSA) is 95.3 Å². The first-order chi connectivity index (χ1) is 14.5. The van der Waals surface area contributed by atoms with Crippen molar-refractivity contribution in [3.05, 3.63) is 75.1 Å². The molecule has 0 aliphatic heterocycles. The van der Waals surface area contributed by atoms with Gasteiger partial charge in [0.1, 0.15) is 5.75 Å². The van der Waals surface area contributed by atoms with Gasteiger partial charge in [-0.05, 0) is 25.0 Å². The number of ketones is 1. The van der Waals surface area contributed by atoms with Crippen LogP contribution in [0.2, 0.25) is 0 Å². The Morgan fingerprint density at radius 1 is 1.19 bits per heavy atom. The lowest BCUT2D eigenvalue weighted by Gasteiger charge is -2.09. The summed E-state index contributed by atoms with van der Waals surface area (Å²) in [6.45, 7) is 1.61. The van der Waals surface area contributed by atoms with Crippen molar-refractivity contribution in [3.8, 4) is 10.9 Å². The first-order valence-electron chi connectivity index (χ1n) is 8.76. The van der Waals surface area contributed by atoms with Crippen LogP contribution in [0.4, 0.5) is 13.2 Å². The van der Waals surface area contributed by atoms with Crippen LogP contribution in [0.3, 0.4) is 0 Å². The maximum Gasteiger partial charge on any atom is 0.534 e. The molecular weight excluding hydrogens is 457 g/mol. The van der Waals surface area contributed by atoms with Gasteiger partial charge < -0.3 is 4.18 Å². The first kappa shape index (κ1) is 22.7. The Morgan fingerprint density at radius 3 is 2.48 bits per heavy atom. The first-order valence-corrected chi connectivity index (χ1v) is 11.0. The molecule has 1 aromatic carbocycles. The SMILES string of the molecule is Cc1nc(-n2ccc(OS(=O)(=O)C(F)(F)F)cc2=O)sc1C(=O)CCc1ccccc1. The van der Waals surface area contributed by atoms with Gasteiger partial charge in [0.25, 0.3) is 5.56 Å². The second-order valence-electron chi connectivity index (χ2n) is 6.37. The molecule has 3 aromatic rings. The van der Waals surface area contributed by atoms with E-state index in [0.717, 1.165) is 33.7 Å². The molecular formula is C19H15F3N2O5S2. The van der Waals surface area contributed by atoms with Gasteiger partial charge in [-0.3, -0.25) is 14.2 Å². The van der Waals surface area contributed by atoms with Crippen LogP contribution >= 0.6 is 11.3 Å². The second-order valence-corrected chi connectivity index (χ2v) is 8.89. The summed E-state index contributed by atoms with van der Waals surface area (Å²) in [4.78, 5) is 29.4. The van der Waals surface area contributed by atoms with Crippen molar-refractivity contribution in [1.82, 2.24) is 9.55 Å². The van der Waals surface area contributed by atoms with Gasteiger partial charge in [-0.15, -0.1) is 0 Å². The Hall–Kier alpha value is -2.99. The highest BCUT2D eigenvalue weighted by Gasteiger charge is 2.48. The molecule has 3 rings (SSSR count). The zero-order chi connectivity index (χ0) is 22.8. The number of carbonyl (C=O) groups is 1. The third-order valence-electron chi connectivity index (χ3n) is 4.11. The number of Topliss-reactive ketones (excluding diaryl/α,β-unsaturated/α-hetero) is 1. The lowest BCUT2D eigenvalue weighted by molar-refractivity contribution is -0.0500. The third kappa shape index (κ3) is 5.20. The molecule has 0 saturated carbocycles. The summed E-state index contributed by atoms with van der Waals surface area (Å²) in [7, 11) is -5.89. The molecule has 12 heteroatoms. The van der Waals surface area contributed by atoms with Crippen LogP contribution in [-0.2, 0) is 16.5 Å². The zero-order valence-electron chi connectivity index (χ0n) is 15.9. The number of benzene rings is 1. The molecule has 0 radical (unpaired) electrons. The highest BCUT2D eigenvalue weighted by Crippen LogP contribution is 2.27. The Balaban J connectivity index is 1.79. The van der Waals surface area contributed by atoms with E-state index in [-0.39, 0.29) is 17.3 Å². The fourth-order valence-electron chi connectivity index (χ4n) is 2.60. The summed E-state index contributed by atoms with van der Waals surface area (Å²) in [5.74, 6) is -0.944. The molecule has 0 N–H and O–H groups in total. The third-order valence-corrected chi connectivity index (χ3v) is 6.29. The molecule has 0 spiro atoms. The molecule has 0 fully saturated rings. The predicted molar refractivity (Wildman–Crippen MR) is 107 cm³/mol. The fraction of sp³-hybridized carbons (Fsp3) is 0.211. The van der Waals surface area contributed by atoms with Crippen molar-refractivity contribution in [2.75, 3.05) is 0 Å². The largest absolute Gasteiger partial charge is 0.534 e. The summed E-state index contributed by atoms with van der Waals surface area (Å²) in [5, 5.41) is 0.121. The van der Waals surface area contributed by atoms with E-state index in [1.165, 1.54) is 0 Å². The van der Waals surface area contributed by atoms with Crippen molar-refractivity contribution >= 4 is 27.2 Å². The quantitative estimate of drug-likeness (QED) is 0.296. The van der Waals surface area contributed by atoms with Crippen LogP contribution in [-0.4, -0.2) is 29.3 Å². The van der Waals surface area contributed by atoms with Crippen LogP contribution < -0.4 is 9.74 Å². The van der Waals surface area contributed by atoms with E-state index in [0.29, 0.717) is 23.1 Å². The van der Waals surface area contributed by atoms with E-state index in [1.54, 1.807) is 6.92 Å². The molecule has 0 atom stereocenters. The highest BCUT2D eigenvalue weighted by molar-refractivity contribution is 7.88. The van der Waals surface area contributed by atoms with Crippen LogP contribution in [0.15, 0.2) is 53.5 Å². The number of thiazole rings is 1. The minimum absolute atomic E-state index is 0.121. The minimum atomic E-state index is -5.89. The maximum atomic E-state index is 12.6. The van der Waals surface area contributed by atoms with Gasteiger partial charge >= 0.3 is 15.6 Å². The van der Waals surface area contributed by atoms with Gasteiger partial charge in [0.2, 0.25) is 0 Å². The molecule has 164 valence electrons. The molecule has 7 nitrogen and oxygen atoms in total. The number of halogens is 3. The van der Waals surface area contributed by atoms with Crippen molar-refractivity contribution in [3.63, 3.8) is 0 Å². The molecule has 0 aliphatic rings. The summed E-state index contributed by atoms with van der Waals surface area (Å²) >= 11 is 0.957. The number of nitrogens with zero attached hydrogens (tertiary/aromatic N) is 2. The highest BCUT2D eigenvalue weighted by atomic mass is 32.2. The molecule has 0 saturated heterocycles. The van der Waals surface area contributed by atoms with Crippen molar-refractivity contribution in [2.45, 2.75) is 25.3 Å². The maximum absolute atomic E-state index is 12.6. The number of carbonyl (C=O) groups excluding carboxylic acids is 1. The van der Waals surface area contributed by atoms with E-state index < -0.39 is 26.9 Å². The van der Waals surface area contributed by atoms with Crippen molar-refractivity contribution < 1.29 is 30.6 Å². The Morgan fingerprint density at radius 2 is 1.87 bits per heavy atom. The normalized spacial score (nSPS) is 12.0. The smallest absolute Gasteiger partial charge is 0.376 e. The Labute approximate surface area is 178 Å². The Bertz CT molecular complexity index is 1270. The van der Waals surface area contributed by atoms with Gasteiger partial charge in [0, 0.05) is 18.7 Å². The molecule has 0 amide bonds.